The van der Waals surface area contributed by atoms with Gasteiger partial charge in [0, 0.05) is 38.9 Å². The topological polar surface area (TPSA) is 24.5 Å². The Balaban J connectivity index is 2.63. The lowest BCUT2D eigenvalue weighted by Crippen LogP contribution is -2.36. The van der Waals surface area contributed by atoms with Gasteiger partial charge in [0.15, 0.2) is 0 Å². The van der Waals surface area contributed by atoms with E-state index in [1.165, 1.54) is 5.56 Å². The van der Waals surface area contributed by atoms with E-state index in [9.17, 15) is 0 Å². The molecule has 3 nitrogen and oxygen atoms in total. The van der Waals surface area contributed by atoms with E-state index in [4.69, 9.17) is 4.74 Å². The van der Waals surface area contributed by atoms with E-state index in [1.807, 2.05) is 0 Å². The number of nitrogens with zero attached hydrogens (tertiary/aromatic N) is 1. The molecule has 108 valence electrons. The van der Waals surface area contributed by atoms with Gasteiger partial charge in [0.2, 0.25) is 0 Å². The highest BCUT2D eigenvalue weighted by Crippen LogP contribution is 2.18. The fourth-order valence-corrected chi connectivity index (χ4v) is 2.16. The fraction of sp³-hybridized carbons (Fsp3) is 0.625. The molecule has 0 aliphatic carbocycles. The highest BCUT2D eigenvalue weighted by molar-refractivity contribution is 5.19. The van der Waals surface area contributed by atoms with Gasteiger partial charge < -0.3 is 10.1 Å². The van der Waals surface area contributed by atoms with Crippen molar-refractivity contribution in [3.8, 4) is 0 Å². The zero-order valence-electron chi connectivity index (χ0n) is 12.7. The van der Waals surface area contributed by atoms with Crippen LogP contribution in [0, 0.1) is 0 Å². The lowest BCUT2D eigenvalue weighted by atomic mass is 10.1. The predicted octanol–water partition coefficient (Wildman–Crippen LogP) is 2.69. The van der Waals surface area contributed by atoms with Crippen LogP contribution < -0.4 is 5.32 Å². The van der Waals surface area contributed by atoms with Crippen molar-refractivity contribution in [2.24, 2.45) is 0 Å². The summed E-state index contributed by atoms with van der Waals surface area (Å²) in [6, 6.07) is 11.6. The number of ether oxygens (including phenoxy) is 1. The smallest absolute Gasteiger partial charge is 0.0474 e. The fourth-order valence-electron chi connectivity index (χ4n) is 2.16. The molecule has 0 radical (unpaired) electrons. The molecule has 1 atom stereocenters. The lowest BCUT2D eigenvalue weighted by Gasteiger charge is -2.29. The Labute approximate surface area is 118 Å². The van der Waals surface area contributed by atoms with Gasteiger partial charge >= 0.3 is 0 Å². The average molecular weight is 264 g/mol. The first-order chi connectivity index (χ1) is 9.15. The third kappa shape index (κ3) is 6.19. The monoisotopic (exact) mass is 264 g/mol. The Hall–Kier alpha value is -0.900. The number of methoxy groups -OCH3 is 1. The molecule has 0 aromatic heterocycles. The zero-order chi connectivity index (χ0) is 14.1. The van der Waals surface area contributed by atoms with Gasteiger partial charge in [-0.3, -0.25) is 4.90 Å². The number of hydrogen-bond donors (Lipinski definition) is 1. The van der Waals surface area contributed by atoms with E-state index >= 15 is 0 Å². The van der Waals surface area contributed by atoms with Crippen LogP contribution in [0.2, 0.25) is 0 Å². The van der Waals surface area contributed by atoms with Crippen LogP contribution in [0.4, 0.5) is 0 Å². The molecule has 0 fully saturated rings. The molecular weight excluding hydrogens is 236 g/mol. The molecular formula is C16H28N2O. The van der Waals surface area contributed by atoms with Crippen LogP contribution >= 0.6 is 0 Å². The molecule has 0 saturated carbocycles. The van der Waals surface area contributed by atoms with Crippen molar-refractivity contribution in [3.05, 3.63) is 35.9 Å². The minimum Gasteiger partial charge on any atom is -0.385 e. The van der Waals surface area contributed by atoms with Gasteiger partial charge in [-0.05, 0) is 19.0 Å². The maximum absolute atomic E-state index is 5.13. The molecule has 0 heterocycles. The summed E-state index contributed by atoms with van der Waals surface area (Å²) in [6.07, 6.45) is 1.07. The van der Waals surface area contributed by atoms with E-state index in [0.717, 1.165) is 26.1 Å². The largest absolute Gasteiger partial charge is 0.385 e. The molecule has 1 N–H and O–H groups in total. The van der Waals surface area contributed by atoms with Crippen LogP contribution in [0.25, 0.3) is 0 Å². The van der Waals surface area contributed by atoms with Crippen molar-refractivity contribution < 1.29 is 4.74 Å². The molecule has 1 aromatic rings. The van der Waals surface area contributed by atoms with Crippen molar-refractivity contribution in [3.63, 3.8) is 0 Å². The quantitative estimate of drug-likeness (QED) is 0.694. The summed E-state index contributed by atoms with van der Waals surface area (Å²) in [4.78, 5) is 2.41. The van der Waals surface area contributed by atoms with Crippen LogP contribution in [0.1, 0.15) is 31.9 Å². The molecule has 1 aromatic carbocycles. The molecule has 1 unspecified atom stereocenters. The highest BCUT2D eigenvalue weighted by atomic mass is 16.5. The van der Waals surface area contributed by atoms with Gasteiger partial charge in [-0.2, -0.15) is 0 Å². The van der Waals surface area contributed by atoms with Crippen molar-refractivity contribution >= 4 is 0 Å². The summed E-state index contributed by atoms with van der Waals surface area (Å²) in [5, 5.41) is 3.54. The Morgan fingerprint density at radius 2 is 1.89 bits per heavy atom. The zero-order valence-corrected chi connectivity index (χ0v) is 12.7. The summed E-state index contributed by atoms with van der Waals surface area (Å²) in [5.74, 6) is 0. The summed E-state index contributed by atoms with van der Waals surface area (Å²) >= 11 is 0. The van der Waals surface area contributed by atoms with E-state index in [0.29, 0.717) is 12.1 Å². The number of nitrogens with one attached hydrogen (secondary N) is 1. The molecule has 0 amide bonds. The van der Waals surface area contributed by atoms with Gasteiger partial charge in [0.05, 0.1) is 0 Å². The SMILES string of the molecule is COCCCN(C)C(CNC(C)C)c1ccccc1. The molecule has 0 saturated heterocycles. The molecule has 0 aliphatic heterocycles. The second-order valence-corrected chi connectivity index (χ2v) is 5.32. The number of benzene rings is 1. The van der Waals surface area contributed by atoms with Crippen LogP contribution in [0.3, 0.4) is 0 Å². The van der Waals surface area contributed by atoms with Crippen molar-refractivity contribution in [1.82, 2.24) is 10.2 Å². The predicted molar refractivity (Wildman–Crippen MR) is 81.4 cm³/mol. The third-order valence-electron chi connectivity index (χ3n) is 3.30. The molecule has 0 bridgehead atoms. The first-order valence-corrected chi connectivity index (χ1v) is 7.12. The van der Waals surface area contributed by atoms with Gasteiger partial charge in [0.25, 0.3) is 0 Å². The van der Waals surface area contributed by atoms with E-state index in [2.05, 4.69) is 61.4 Å². The second-order valence-electron chi connectivity index (χ2n) is 5.32. The van der Waals surface area contributed by atoms with E-state index < -0.39 is 0 Å². The maximum Gasteiger partial charge on any atom is 0.0474 e. The average Bonchev–Trinajstić information content (AvgIpc) is 2.40. The summed E-state index contributed by atoms with van der Waals surface area (Å²) < 4.78 is 5.13. The molecule has 3 heteroatoms. The van der Waals surface area contributed by atoms with Crippen LogP contribution in [-0.4, -0.2) is 44.8 Å². The van der Waals surface area contributed by atoms with Gasteiger partial charge in [-0.15, -0.1) is 0 Å². The molecule has 1 rings (SSSR count). The highest BCUT2D eigenvalue weighted by Gasteiger charge is 2.16. The minimum absolute atomic E-state index is 0.417. The van der Waals surface area contributed by atoms with Crippen LogP contribution in [0.5, 0.6) is 0 Å². The van der Waals surface area contributed by atoms with Crippen molar-refractivity contribution in [2.45, 2.75) is 32.4 Å². The Bertz CT molecular complexity index is 327. The summed E-state index contributed by atoms with van der Waals surface area (Å²) in [5.41, 5.74) is 1.37. The summed E-state index contributed by atoms with van der Waals surface area (Å²) in [6.45, 7) is 7.22. The first-order valence-electron chi connectivity index (χ1n) is 7.12. The Kier molecular flexibility index (Phi) is 7.72. The van der Waals surface area contributed by atoms with E-state index in [1.54, 1.807) is 7.11 Å². The van der Waals surface area contributed by atoms with Crippen LogP contribution in [-0.2, 0) is 4.74 Å². The van der Waals surface area contributed by atoms with Gasteiger partial charge in [-0.1, -0.05) is 44.2 Å². The van der Waals surface area contributed by atoms with Gasteiger partial charge in [-0.25, -0.2) is 0 Å². The number of hydrogen-bond acceptors (Lipinski definition) is 3. The molecule has 19 heavy (non-hydrogen) atoms. The van der Waals surface area contributed by atoms with Crippen molar-refractivity contribution in [2.75, 3.05) is 33.9 Å². The Morgan fingerprint density at radius 1 is 1.21 bits per heavy atom. The lowest BCUT2D eigenvalue weighted by molar-refractivity contribution is 0.163. The molecule has 0 aliphatic rings. The van der Waals surface area contributed by atoms with Crippen LogP contribution in [0.15, 0.2) is 30.3 Å². The summed E-state index contributed by atoms with van der Waals surface area (Å²) in [7, 11) is 3.95. The maximum atomic E-state index is 5.13. The second kappa shape index (κ2) is 9.08. The standard InChI is InChI=1S/C16H28N2O/c1-14(2)17-13-16(15-9-6-5-7-10-15)18(3)11-8-12-19-4/h5-7,9-10,14,16-17H,8,11-13H2,1-4H3. The third-order valence-corrected chi connectivity index (χ3v) is 3.30. The number of likely N-dealkylation sites (N-methyl/N-ethyl adjacent to an activating group) is 1. The van der Waals surface area contributed by atoms with Crippen molar-refractivity contribution in [1.29, 1.82) is 0 Å². The van der Waals surface area contributed by atoms with E-state index in [-0.39, 0.29) is 0 Å². The minimum atomic E-state index is 0.417. The Morgan fingerprint density at radius 3 is 2.47 bits per heavy atom. The normalized spacial score (nSPS) is 13.2. The molecule has 0 spiro atoms. The van der Waals surface area contributed by atoms with Gasteiger partial charge in [0.1, 0.15) is 0 Å². The first kappa shape index (κ1) is 16.2. The number of rotatable bonds is 9.